The van der Waals surface area contributed by atoms with E-state index in [1.165, 1.54) is 12.1 Å². The fourth-order valence-corrected chi connectivity index (χ4v) is 2.30. The van der Waals surface area contributed by atoms with E-state index in [2.05, 4.69) is 11.1 Å². The molecule has 0 spiro atoms. The topological polar surface area (TPSA) is 84.2 Å². The lowest BCUT2D eigenvalue weighted by Crippen LogP contribution is -1.93. The van der Waals surface area contributed by atoms with Gasteiger partial charge in [-0.15, -0.1) is 0 Å². The molecule has 2 heterocycles. The second kappa shape index (κ2) is 4.72. The van der Waals surface area contributed by atoms with Crippen molar-refractivity contribution in [1.29, 1.82) is 5.26 Å². The number of non-ortho nitro benzene ring substituents is 1. The molecule has 6 nitrogen and oxygen atoms in total. The lowest BCUT2D eigenvalue weighted by molar-refractivity contribution is -0.384. The number of aromatic nitrogens is 2. The van der Waals surface area contributed by atoms with E-state index in [4.69, 9.17) is 0 Å². The molecule has 0 bridgehead atoms. The first-order valence-corrected chi connectivity index (χ1v) is 6.25. The molecule has 102 valence electrons. The number of hydrogen-bond donors (Lipinski definition) is 0. The summed E-state index contributed by atoms with van der Waals surface area (Å²) >= 11 is 0. The van der Waals surface area contributed by atoms with Gasteiger partial charge in [-0.05, 0) is 31.2 Å². The number of nitro benzene ring substituents is 1. The van der Waals surface area contributed by atoms with Crippen LogP contribution in [-0.2, 0) is 0 Å². The lowest BCUT2D eigenvalue weighted by Gasteiger charge is -2.00. The third-order valence-electron chi connectivity index (χ3n) is 3.30. The van der Waals surface area contributed by atoms with Crippen LogP contribution in [0.1, 0.15) is 11.4 Å². The average Bonchev–Trinajstić information content (AvgIpc) is 2.87. The van der Waals surface area contributed by atoms with Gasteiger partial charge in [0, 0.05) is 23.4 Å². The zero-order valence-corrected chi connectivity index (χ0v) is 11.1. The molecular formula is C15H10N4O2. The van der Waals surface area contributed by atoms with E-state index in [9.17, 15) is 15.4 Å². The van der Waals surface area contributed by atoms with Crippen LogP contribution in [0.3, 0.4) is 0 Å². The maximum absolute atomic E-state index is 10.7. The minimum atomic E-state index is -0.456. The molecule has 0 atom stereocenters. The minimum absolute atomic E-state index is 0.0113. The number of nitriles is 1. The largest absolute Gasteiger partial charge is 0.288 e. The van der Waals surface area contributed by atoms with Crippen LogP contribution in [0.2, 0.25) is 0 Å². The van der Waals surface area contributed by atoms with Crippen LogP contribution < -0.4 is 0 Å². The average molecular weight is 278 g/mol. The van der Waals surface area contributed by atoms with Crippen molar-refractivity contribution in [3.05, 3.63) is 64.0 Å². The van der Waals surface area contributed by atoms with E-state index >= 15 is 0 Å². The summed E-state index contributed by atoms with van der Waals surface area (Å²) in [7, 11) is 0. The number of nitrogens with zero attached hydrogens (tertiary/aromatic N) is 4. The first-order chi connectivity index (χ1) is 10.1. The second-order valence-corrected chi connectivity index (χ2v) is 4.59. The van der Waals surface area contributed by atoms with E-state index in [1.54, 1.807) is 16.5 Å². The van der Waals surface area contributed by atoms with Crippen LogP contribution in [0.4, 0.5) is 5.69 Å². The van der Waals surface area contributed by atoms with Crippen LogP contribution in [-0.4, -0.2) is 14.3 Å². The van der Waals surface area contributed by atoms with Gasteiger partial charge >= 0.3 is 0 Å². The molecule has 0 aliphatic rings. The van der Waals surface area contributed by atoms with Gasteiger partial charge in [0.1, 0.15) is 17.4 Å². The molecule has 0 aliphatic heterocycles. The number of aryl methyl sites for hydroxylation is 1. The van der Waals surface area contributed by atoms with Crippen molar-refractivity contribution >= 4 is 11.3 Å². The first-order valence-electron chi connectivity index (χ1n) is 6.25. The van der Waals surface area contributed by atoms with E-state index in [1.807, 2.05) is 25.1 Å². The summed E-state index contributed by atoms with van der Waals surface area (Å²) in [6.45, 7) is 1.90. The molecule has 0 saturated heterocycles. The summed E-state index contributed by atoms with van der Waals surface area (Å²) in [5.41, 5.74) is 3.24. The zero-order chi connectivity index (χ0) is 15.0. The molecule has 0 fully saturated rings. The van der Waals surface area contributed by atoms with Gasteiger partial charge in [-0.3, -0.25) is 14.5 Å². The molecule has 21 heavy (non-hydrogen) atoms. The smallest absolute Gasteiger partial charge is 0.269 e. The predicted molar refractivity (Wildman–Crippen MR) is 76.7 cm³/mol. The molecule has 0 radical (unpaired) electrons. The first kappa shape index (κ1) is 12.8. The highest BCUT2D eigenvalue weighted by Crippen LogP contribution is 2.26. The summed E-state index contributed by atoms with van der Waals surface area (Å²) in [5, 5.41) is 20.1. The van der Waals surface area contributed by atoms with Gasteiger partial charge in [-0.2, -0.15) is 5.26 Å². The molecule has 0 N–H and O–H groups in total. The Morgan fingerprint density at radius 3 is 2.57 bits per heavy atom. The summed E-state index contributed by atoms with van der Waals surface area (Å²) < 4.78 is 1.77. The van der Waals surface area contributed by atoms with Crippen molar-refractivity contribution in [3.63, 3.8) is 0 Å². The standard InChI is InChI=1S/C15H10N4O2/c1-10-3-2-4-14-17-15(13(9-16)18(10)14)11-5-7-12(8-6-11)19(20)21/h2-8H,1H3. The number of pyridine rings is 1. The number of fused-ring (bicyclic) bond motifs is 1. The summed E-state index contributed by atoms with van der Waals surface area (Å²) in [6, 6.07) is 13.8. The van der Waals surface area contributed by atoms with Crippen molar-refractivity contribution in [2.45, 2.75) is 6.92 Å². The van der Waals surface area contributed by atoms with Gasteiger partial charge in [0.2, 0.25) is 0 Å². The highest BCUT2D eigenvalue weighted by Gasteiger charge is 2.15. The van der Waals surface area contributed by atoms with Crippen LogP contribution >= 0.6 is 0 Å². The van der Waals surface area contributed by atoms with E-state index in [0.29, 0.717) is 22.6 Å². The second-order valence-electron chi connectivity index (χ2n) is 4.59. The number of nitro groups is 1. The highest BCUT2D eigenvalue weighted by molar-refractivity contribution is 5.70. The van der Waals surface area contributed by atoms with Gasteiger partial charge < -0.3 is 0 Å². The maximum atomic E-state index is 10.7. The Morgan fingerprint density at radius 1 is 1.24 bits per heavy atom. The van der Waals surface area contributed by atoms with Crippen LogP contribution in [0.25, 0.3) is 16.9 Å². The third-order valence-corrected chi connectivity index (χ3v) is 3.30. The molecule has 0 aliphatic carbocycles. The molecule has 3 aromatic rings. The van der Waals surface area contributed by atoms with Gasteiger partial charge in [0.05, 0.1) is 4.92 Å². The Hall–Kier alpha value is -3.20. The van der Waals surface area contributed by atoms with Gasteiger partial charge in [-0.1, -0.05) is 6.07 Å². The van der Waals surface area contributed by atoms with Crippen LogP contribution in [0.15, 0.2) is 42.5 Å². The highest BCUT2D eigenvalue weighted by atomic mass is 16.6. The zero-order valence-electron chi connectivity index (χ0n) is 11.1. The van der Waals surface area contributed by atoms with Crippen molar-refractivity contribution < 1.29 is 4.92 Å². The van der Waals surface area contributed by atoms with E-state index < -0.39 is 4.92 Å². The SMILES string of the molecule is Cc1cccc2nc(-c3ccc([N+](=O)[O-])cc3)c(C#N)n12. The summed E-state index contributed by atoms with van der Waals surface area (Å²) in [6.07, 6.45) is 0. The van der Waals surface area contributed by atoms with Gasteiger partial charge in [-0.25, -0.2) is 4.98 Å². The van der Waals surface area contributed by atoms with Gasteiger partial charge in [0.25, 0.3) is 5.69 Å². The Balaban J connectivity index is 2.23. The maximum Gasteiger partial charge on any atom is 0.269 e. The van der Waals surface area contributed by atoms with Crippen molar-refractivity contribution in [2.24, 2.45) is 0 Å². The predicted octanol–water partition coefficient (Wildman–Crippen LogP) is 3.09. The van der Waals surface area contributed by atoms with Gasteiger partial charge in [0.15, 0.2) is 5.69 Å². The molecule has 1 aromatic carbocycles. The quantitative estimate of drug-likeness (QED) is 0.532. The molecule has 0 saturated carbocycles. The fourth-order valence-electron chi connectivity index (χ4n) is 2.30. The fraction of sp³-hybridized carbons (Fsp3) is 0.0667. The molecule has 6 heteroatoms. The van der Waals surface area contributed by atoms with Crippen molar-refractivity contribution in [1.82, 2.24) is 9.38 Å². The Morgan fingerprint density at radius 2 is 1.95 bits per heavy atom. The molecular weight excluding hydrogens is 268 g/mol. The van der Waals surface area contributed by atoms with E-state index in [-0.39, 0.29) is 5.69 Å². The normalized spacial score (nSPS) is 10.5. The van der Waals surface area contributed by atoms with E-state index in [0.717, 1.165) is 5.69 Å². The number of rotatable bonds is 2. The van der Waals surface area contributed by atoms with Crippen LogP contribution in [0, 0.1) is 28.4 Å². The summed E-state index contributed by atoms with van der Waals surface area (Å²) in [5.74, 6) is 0. The molecule has 3 rings (SSSR count). The minimum Gasteiger partial charge on any atom is -0.288 e. The monoisotopic (exact) mass is 278 g/mol. The molecule has 0 amide bonds. The Labute approximate surface area is 120 Å². The molecule has 0 unspecified atom stereocenters. The van der Waals surface area contributed by atoms with Crippen LogP contribution in [0.5, 0.6) is 0 Å². The number of imidazole rings is 1. The Kier molecular flexibility index (Phi) is 2.88. The van der Waals surface area contributed by atoms with Crippen molar-refractivity contribution in [2.75, 3.05) is 0 Å². The number of benzene rings is 1. The summed E-state index contributed by atoms with van der Waals surface area (Å²) in [4.78, 5) is 14.7. The lowest BCUT2D eigenvalue weighted by atomic mass is 10.1. The van der Waals surface area contributed by atoms with Crippen molar-refractivity contribution in [3.8, 4) is 17.3 Å². The number of hydrogen-bond acceptors (Lipinski definition) is 4. The Bertz CT molecular complexity index is 888. The molecule has 2 aromatic heterocycles. The third kappa shape index (κ3) is 2.01.